The van der Waals surface area contributed by atoms with Crippen molar-refractivity contribution in [2.75, 3.05) is 6.61 Å². The van der Waals surface area contributed by atoms with Gasteiger partial charge in [-0.15, -0.1) is 13.2 Å². The predicted molar refractivity (Wildman–Crippen MR) is 101 cm³/mol. The summed E-state index contributed by atoms with van der Waals surface area (Å²) in [6, 6.07) is 8.43. The Labute approximate surface area is 182 Å². The molecular weight excluding hydrogens is 464 g/mol. The largest absolute Gasteiger partial charge is 0.573 e. The van der Waals surface area contributed by atoms with Crippen LogP contribution in [0.25, 0.3) is 11.1 Å². The fourth-order valence-corrected chi connectivity index (χ4v) is 2.85. The fourth-order valence-electron chi connectivity index (χ4n) is 2.85. The number of rotatable bonds is 7. The normalized spacial score (nSPS) is 11.9. The highest BCUT2D eigenvalue weighted by atomic mass is 19.4. The average molecular weight is 478 g/mol. The molecule has 0 saturated heterocycles. The van der Waals surface area contributed by atoms with E-state index in [4.69, 9.17) is 4.74 Å². The molecule has 0 saturated carbocycles. The Bertz CT molecular complexity index is 1130. The zero-order valence-corrected chi connectivity index (χ0v) is 16.7. The quantitative estimate of drug-likeness (QED) is 0.336. The van der Waals surface area contributed by atoms with Crippen LogP contribution in [-0.2, 0) is 6.11 Å². The maximum Gasteiger partial charge on any atom is 0.573 e. The lowest BCUT2D eigenvalue weighted by molar-refractivity contribution is -0.275. The number of hydrogen-bond donors (Lipinski definition) is 0. The van der Waals surface area contributed by atoms with E-state index in [2.05, 4.69) is 9.47 Å². The molecule has 0 aliphatic carbocycles. The Kier molecular flexibility index (Phi) is 6.71. The van der Waals surface area contributed by atoms with Crippen LogP contribution < -0.4 is 14.2 Å². The van der Waals surface area contributed by atoms with Gasteiger partial charge in [-0.2, -0.15) is 8.78 Å². The number of ether oxygens (including phenoxy) is 3. The lowest BCUT2D eigenvalue weighted by Crippen LogP contribution is -2.24. The Morgan fingerprint density at radius 1 is 0.727 bits per heavy atom. The molecule has 0 heterocycles. The van der Waals surface area contributed by atoms with Gasteiger partial charge in [0.25, 0.3) is 0 Å². The highest BCUT2D eigenvalue weighted by molar-refractivity contribution is 5.65. The third-order valence-electron chi connectivity index (χ3n) is 4.25. The minimum absolute atomic E-state index is 0.188. The molecule has 33 heavy (non-hydrogen) atoms. The van der Waals surface area contributed by atoms with E-state index in [1.54, 1.807) is 6.92 Å². The second-order valence-corrected chi connectivity index (χ2v) is 6.50. The maximum absolute atomic E-state index is 14.6. The Morgan fingerprint density at radius 3 is 1.94 bits per heavy atom. The molecule has 11 heteroatoms. The van der Waals surface area contributed by atoms with Gasteiger partial charge in [-0.25, -0.2) is 13.2 Å². The van der Waals surface area contributed by atoms with Gasteiger partial charge < -0.3 is 14.2 Å². The van der Waals surface area contributed by atoms with E-state index in [1.165, 1.54) is 24.3 Å². The van der Waals surface area contributed by atoms with Gasteiger partial charge in [0.1, 0.15) is 17.1 Å². The molecule has 0 N–H and O–H groups in total. The van der Waals surface area contributed by atoms with Gasteiger partial charge in [0.2, 0.25) is 0 Å². The third-order valence-corrected chi connectivity index (χ3v) is 4.25. The SMILES string of the molecule is CCOc1ccc(-c2ccc(C(F)(F)Oc3ccc(OC(F)(F)F)c(F)c3)c(F)c2F)cc1. The molecule has 3 aromatic rings. The minimum Gasteiger partial charge on any atom is -0.494 e. The van der Waals surface area contributed by atoms with Gasteiger partial charge in [0.05, 0.1) is 6.61 Å². The van der Waals surface area contributed by atoms with Gasteiger partial charge in [-0.1, -0.05) is 18.2 Å². The van der Waals surface area contributed by atoms with Crippen molar-refractivity contribution in [2.24, 2.45) is 0 Å². The zero-order chi connectivity index (χ0) is 24.4. The molecule has 0 atom stereocenters. The number of hydrogen-bond acceptors (Lipinski definition) is 3. The second-order valence-electron chi connectivity index (χ2n) is 6.50. The first-order valence-electron chi connectivity index (χ1n) is 9.25. The van der Waals surface area contributed by atoms with Crippen molar-refractivity contribution in [3.8, 4) is 28.4 Å². The van der Waals surface area contributed by atoms with Crippen LogP contribution in [-0.4, -0.2) is 13.0 Å². The van der Waals surface area contributed by atoms with Crippen molar-refractivity contribution in [2.45, 2.75) is 19.4 Å². The van der Waals surface area contributed by atoms with Crippen LogP contribution >= 0.6 is 0 Å². The average Bonchev–Trinajstić information content (AvgIpc) is 2.72. The lowest BCUT2D eigenvalue weighted by Gasteiger charge is -2.20. The molecule has 0 spiro atoms. The maximum atomic E-state index is 14.6. The number of benzene rings is 3. The van der Waals surface area contributed by atoms with Crippen molar-refractivity contribution >= 4 is 0 Å². The van der Waals surface area contributed by atoms with Crippen molar-refractivity contribution in [1.82, 2.24) is 0 Å². The summed E-state index contributed by atoms with van der Waals surface area (Å²) in [6.45, 7) is 2.14. The molecule has 0 radical (unpaired) electrons. The van der Waals surface area contributed by atoms with Gasteiger partial charge in [0, 0.05) is 11.6 Å². The van der Waals surface area contributed by atoms with Gasteiger partial charge in [0.15, 0.2) is 23.2 Å². The molecule has 176 valence electrons. The summed E-state index contributed by atoms with van der Waals surface area (Å²) in [7, 11) is 0. The smallest absolute Gasteiger partial charge is 0.494 e. The van der Waals surface area contributed by atoms with Crippen LogP contribution in [0.4, 0.5) is 35.1 Å². The molecule has 0 aliphatic rings. The highest BCUT2D eigenvalue weighted by Crippen LogP contribution is 2.38. The first-order valence-corrected chi connectivity index (χ1v) is 9.25. The molecule has 3 nitrogen and oxygen atoms in total. The fraction of sp³-hybridized carbons (Fsp3) is 0.182. The Balaban J connectivity index is 1.86. The van der Waals surface area contributed by atoms with Crippen LogP contribution in [0, 0.1) is 17.5 Å². The molecule has 0 fully saturated rings. The van der Waals surface area contributed by atoms with Crippen LogP contribution in [0.3, 0.4) is 0 Å². The van der Waals surface area contributed by atoms with Crippen LogP contribution in [0.1, 0.15) is 12.5 Å². The highest BCUT2D eigenvalue weighted by Gasteiger charge is 2.40. The van der Waals surface area contributed by atoms with E-state index < -0.39 is 47.0 Å². The molecule has 0 unspecified atom stereocenters. The van der Waals surface area contributed by atoms with Gasteiger partial charge in [-0.3, -0.25) is 0 Å². The summed E-state index contributed by atoms with van der Waals surface area (Å²) in [5.41, 5.74) is -1.62. The van der Waals surface area contributed by atoms with Crippen molar-refractivity contribution < 1.29 is 49.3 Å². The van der Waals surface area contributed by atoms with E-state index in [0.29, 0.717) is 30.6 Å². The molecule has 3 rings (SSSR count). The summed E-state index contributed by atoms with van der Waals surface area (Å²) >= 11 is 0. The van der Waals surface area contributed by atoms with E-state index in [1.807, 2.05) is 0 Å². The first kappa shape index (κ1) is 24.1. The summed E-state index contributed by atoms with van der Waals surface area (Å²) in [6.07, 6.45) is -9.69. The van der Waals surface area contributed by atoms with E-state index in [9.17, 15) is 35.1 Å². The molecule has 3 aromatic carbocycles. The summed E-state index contributed by atoms with van der Waals surface area (Å²) in [5.74, 6) is -6.91. The molecule has 0 bridgehead atoms. The van der Waals surface area contributed by atoms with Crippen molar-refractivity contribution in [3.05, 3.63) is 77.6 Å². The minimum atomic E-state index is -5.21. The van der Waals surface area contributed by atoms with Gasteiger partial charge in [-0.05, 0) is 42.8 Å². The first-order chi connectivity index (χ1) is 15.4. The van der Waals surface area contributed by atoms with E-state index in [0.717, 1.165) is 6.07 Å². The van der Waals surface area contributed by atoms with Crippen LogP contribution in [0.15, 0.2) is 54.6 Å². The molecule has 0 aliphatic heterocycles. The van der Waals surface area contributed by atoms with Crippen LogP contribution in [0.2, 0.25) is 0 Å². The Morgan fingerprint density at radius 2 is 1.36 bits per heavy atom. The topological polar surface area (TPSA) is 27.7 Å². The van der Waals surface area contributed by atoms with Crippen molar-refractivity contribution in [1.29, 1.82) is 0 Å². The predicted octanol–water partition coefficient (Wildman–Crippen LogP) is 7.20. The molecule has 0 amide bonds. The van der Waals surface area contributed by atoms with E-state index in [-0.39, 0.29) is 17.2 Å². The number of alkyl halides is 5. The van der Waals surface area contributed by atoms with Crippen LogP contribution in [0.5, 0.6) is 17.2 Å². The lowest BCUT2D eigenvalue weighted by atomic mass is 10.0. The zero-order valence-electron chi connectivity index (χ0n) is 16.7. The summed E-state index contributed by atoms with van der Waals surface area (Å²) in [5, 5.41) is 0. The van der Waals surface area contributed by atoms with Gasteiger partial charge >= 0.3 is 12.5 Å². The van der Waals surface area contributed by atoms with E-state index >= 15 is 0 Å². The molecular formula is C22H14F8O3. The molecule has 0 aromatic heterocycles. The third kappa shape index (κ3) is 5.65. The monoisotopic (exact) mass is 478 g/mol. The second kappa shape index (κ2) is 9.16. The summed E-state index contributed by atoms with van der Waals surface area (Å²) < 4.78 is 121. The standard InChI is InChI=1S/C22H14F8O3/c1-2-31-13-5-3-12(4-6-13)15-8-9-16(20(25)19(15)24)21(26,27)32-14-7-10-18(17(23)11-14)33-22(28,29)30/h3-11H,2H2,1H3. The summed E-state index contributed by atoms with van der Waals surface area (Å²) in [4.78, 5) is 0. The van der Waals surface area contributed by atoms with Crippen molar-refractivity contribution in [3.63, 3.8) is 0 Å². The number of halogens is 8. The Hall–Kier alpha value is -3.50.